The average Bonchev–Trinajstić information content (AvgIpc) is 3.83. The van der Waals surface area contributed by atoms with Crippen LogP contribution in [0.15, 0.2) is 48.5 Å². The zero-order valence-electron chi connectivity index (χ0n) is 41.7. The van der Waals surface area contributed by atoms with Gasteiger partial charge in [-0.3, -0.25) is 9.59 Å². The maximum absolute atomic E-state index is 13.9. The van der Waals surface area contributed by atoms with E-state index in [1.165, 1.54) is 6.07 Å². The molecule has 0 aliphatic carbocycles. The molecule has 0 radical (unpaired) electrons. The molecule has 2 aliphatic rings. The number of carbonyl (C=O) groups excluding carboxylic acids is 2. The summed E-state index contributed by atoms with van der Waals surface area (Å²) in [7, 11) is 11.4. The van der Waals surface area contributed by atoms with Crippen molar-refractivity contribution < 1.29 is 14.0 Å². The van der Waals surface area contributed by atoms with Crippen molar-refractivity contribution in [2.75, 3.05) is 108 Å². The Bertz CT molecular complexity index is 2200. The number of hydrogen-bond donors (Lipinski definition) is 7. The highest BCUT2D eigenvalue weighted by Crippen LogP contribution is 2.28. The number of benzene rings is 2. The lowest BCUT2D eigenvalue weighted by molar-refractivity contribution is 0.0955. The summed E-state index contributed by atoms with van der Waals surface area (Å²) in [5.41, 5.74) is 5.19. The second-order valence-electron chi connectivity index (χ2n) is 19.6. The smallest absolute Gasteiger partial charge is 0.251 e. The Morgan fingerprint density at radius 3 is 1.53 bits per heavy atom. The molecule has 7 N–H and O–H groups in total. The van der Waals surface area contributed by atoms with Crippen LogP contribution >= 0.6 is 12.4 Å². The van der Waals surface area contributed by atoms with Gasteiger partial charge in [0.2, 0.25) is 17.8 Å². The summed E-state index contributed by atoms with van der Waals surface area (Å²) in [6.45, 7) is 23.0. The molecule has 0 unspecified atom stereocenters. The SMILES string of the molecule is CNC(=O)c1ccc(C)c(Nc2cc(F)nc(N[C@@H]3CCN(C)C3)n2)c1.CNC(=O)c1ccc(C)c(Nc2cc(N(C)CC(C)(C)C)nc(N[C@@H]3CCN(C)C3)n2)c1.CNCC(C)(C)C.Cl. The Balaban J connectivity index is 0.000000306. The molecule has 364 valence electrons. The van der Waals surface area contributed by atoms with Crippen molar-refractivity contribution in [1.82, 2.24) is 45.7 Å². The molecule has 2 amide bonds. The Morgan fingerprint density at radius 1 is 0.697 bits per heavy atom. The van der Waals surface area contributed by atoms with Crippen LogP contribution in [-0.4, -0.2) is 135 Å². The minimum Gasteiger partial charge on any atom is -0.359 e. The van der Waals surface area contributed by atoms with Gasteiger partial charge in [-0.1, -0.05) is 53.7 Å². The molecule has 2 fully saturated rings. The predicted octanol–water partition coefficient (Wildman–Crippen LogP) is 7.30. The van der Waals surface area contributed by atoms with Gasteiger partial charge in [-0.05, 0) is 114 Å². The van der Waals surface area contributed by atoms with Gasteiger partial charge in [-0.25, -0.2) is 0 Å². The molecular weight excluding hydrogens is 859 g/mol. The second kappa shape index (κ2) is 25.0. The van der Waals surface area contributed by atoms with Gasteiger partial charge in [0.05, 0.1) is 0 Å². The number of likely N-dealkylation sites (N-methyl/N-ethyl adjacent to an activating group) is 2. The Hall–Kier alpha value is -5.36. The highest BCUT2D eigenvalue weighted by atomic mass is 35.5. The van der Waals surface area contributed by atoms with Gasteiger partial charge in [0.15, 0.2) is 0 Å². The Morgan fingerprint density at radius 2 is 1.15 bits per heavy atom. The fourth-order valence-electron chi connectivity index (χ4n) is 7.46. The summed E-state index contributed by atoms with van der Waals surface area (Å²) in [5.74, 6) is 1.84. The topological polar surface area (TPSA) is 180 Å². The lowest BCUT2D eigenvalue weighted by Crippen LogP contribution is -2.30. The minimum absolute atomic E-state index is 0. The van der Waals surface area contributed by atoms with E-state index in [1.54, 1.807) is 26.2 Å². The molecule has 18 heteroatoms. The number of nitrogens with zero attached hydrogens (tertiary/aromatic N) is 7. The van der Waals surface area contributed by atoms with E-state index in [0.717, 1.165) is 74.7 Å². The minimum atomic E-state index is -0.614. The highest BCUT2D eigenvalue weighted by Gasteiger charge is 2.23. The highest BCUT2D eigenvalue weighted by molar-refractivity contribution is 5.96. The second-order valence-corrected chi connectivity index (χ2v) is 19.6. The van der Waals surface area contributed by atoms with Gasteiger partial charge in [-0.15, -0.1) is 12.4 Å². The summed E-state index contributed by atoms with van der Waals surface area (Å²) in [6.07, 6.45) is 2.03. The van der Waals surface area contributed by atoms with Crippen molar-refractivity contribution in [1.29, 1.82) is 0 Å². The first kappa shape index (κ1) is 55.0. The molecule has 0 bridgehead atoms. The molecule has 2 aliphatic heterocycles. The zero-order valence-corrected chi connectivity index (χ0v) is 42.5. The Kier molecular flexibility index (Phi) is 20.8. The molecule has 4 aromatic rings. The van der Waals surface area contributed by atoms with Crippen LogP contribution in [0.2, 0.25) is 0 Å². The first-order valence-electron chi connectivity index (χ1n) is 22.4. The number of carbonyl (C=O) groups is 2. The van der Waals surface area contributed by atoms with E-state index in [1.807, 2.05) is 58.3 Å². The molecule has 4 heterocycles. The summed E-state index contributed by atoms with van der Waals surface area (Å²) in [6, 6.07) is 14.6. The van der Waals surface area contributed by atoms with E-state index in [-0.39, 0.29) is 41.6 Å². The van der Waals surface area contributed by atoms with Gasteiger partial charge < -0.3 is 51.9 Å². The third-order valence-corrected chi connectivity index (χ3v) is 10.6. The number of nitrogens with one attached hydrogen (secondary N) is 7. The quantitative estimate of drug-likeness (QED) is 0.0664. The number of aryl methyl sites for hydroxylation is 2. The van der Waals surface area contributed by atoms with Crippen molar-refractivity contribution in [3.8, 4) is 0 Å². The van der Waals surface area contributed by atoms with Crippen molar-refractivity contribution in [2.24, 2.45) is 10.8 Å². The third kappa shape index (κ3) is 18.1. The number of likely N-dealkylation sites (tertiary alicyclic amines) is 2. The Labute approximate surface area is 398 Å². The molecule has 2 saturated heterocycles. The number of aromatic nitrogens is 4. The molecule has 6 rings (SSSR count). The van der Waals surface area contributed by atoms with Crippen LogP contribution in [0.5, 0.6) is 0 Å². The number of hydrogen-bond acceptors (Lipinski definition) is 14. The van der Waals surface area contributed by atoms with E-state index in [2.05, 4.69) is 118 Å². The maximum atomic E-state index is 13.9. The summed E-state index contributed by atoms with van der Waals surface area (Å²) >= 11 is 0. The van der Waals surface area contributed by atoms with Crippen molar-refractivity contribution >= 4 is 64.9 Å². The average molecular weight is 936 g/mol. The van der Waals surface area contributed by atoms with Crippen LogP contribution in [0.25, 0.3) is 0 Å². The van der Waals surface area contributed by atoms with Gasteiger partial charge in [0, 0.05) is 87.5 Å². The molecule has 66 heavy (non-hydrogen) atoms. The lowest BCUT2D eigenvalue weighted by atomic mass is 9.96. The molecule has 0 saturated carbocycles. The first-order valence-corrected chi connectivity index (χ1v) is 22.4. The fraction of sp³-hybridized carbons (Fsp3) is 0.542. The lowest BCUT2D eigenvalue weighted by Gasteiger charge is -2.28. The monoisotopic (exact) mass is 935 g/mol. The summed E-state index contributed by atoms with van der Waals surface area (Å²) in [4.78, 5) is 48.3. The number of amides is 2. The predicted molar refractivity (Wildman–Crippen MR) is 272 cm³/mol. The molecule has 0 spiro atoms. The van der Waals surface area contributed by atoms with Crippen LogP contribution in [-0.2, 0) is 0 Å². The van der Waals surface area contributed by atoms with E-state index in [9.17, 15) is 14.0 Å². The van der Waals surface area contributed by atoms with Gasteiger partial charge >= 0.3 is 0 Å². The largest absolute Gasteiger partial charge is 0.359 e. The summed E-state index contributed by atoms with van der Waals surface area (Å²) in [5, 5.41) is 21.6. The van der Waals surface area contributed by atoms with Crippen molar-refractivity contribution in [2.45, 2.75) is 80.3 Å². The number of anilines is 7. The van der Waals surface area contributed by atoms with Crippen LogP contribution in [0.4, 0.5) is 45.1 Å². The molecule has 16 nitrogen and oxygen atoms in total. The first-order chi connectivity index (χ1) is 30.5. The van der Waals surface area contributed by atoms with Crippen LogP contribution in [0.3, 0.4) is 0 Å². The zero-order chi connectivity index (χ0) is 48.1. The van der Waals surface area contributed by atoms with Crippen molar-refractivity contribution in [3.63, 3.8) is 0 Å². The maximum Gasteiger partial charge on any atom is 0.251 e. The fourth-order valence-corrected chi connectivity index (χ4v) is 7.46. The molecule has 2 atom stereocenters. The van der Waals surface area contributed by atoms with E-state index in [0.29, 0.717) is 45.9 Å². The van der Waals surface area contributed by atoms with E-state index in [4.69, 9.17) is 9.97 Å². The standard InChI is InChI=1S/C24H37N7O.C18H23FN6O.C6H15N.ClH/c1-16-8-9-17(22(32)25-5)12-19(16)27-20-13-21(31(7)15-24(2,3)4)29-23(28-20)26-18-10-11-30(6)14-18;1-11-4-5-12(17(26)20-2)8-14(11)22-16-9-15(19)23-18(24-16)21-13-6-7-25(3)10-13;1-6(2,3)5-7-4;/h8-9,12-13,18H,10-11,14-15H2,1-7H3,(H,25,32)(H2,26,27,28,29);4-5,8-9,13H,6-7,10H2,1-3H3,(H,20,26)(H2,21,22,23,24);7H,5H2,1-4H3;1H/t18-;13-;;/m11../s1. The molecule has 2 aromatic heterocycles. The number of rotatable bonds is 13. The third-order valence-electron chi connectivity index (χ3n) is 10.6. The van der Waals surface area contributed by atoms with Crippen LogP contribution in [0, 0.1) is 30.6 Å². The number of halogens is 2. The van der Waals surface area contributed by atoms with Crippen molar-refractivity contribution in [3.05, 3.63) is 76.7 Å². The molecule has 2 aromatic carbocycles. The van der Waals surface area contributed by atoms with E-state index >= 15 is 0 Å². The van der Waals surface area contributed by atoms with Crippen LogP contribution in [0.1, 0.15) is 86.2 Å². The van der Waals surface area contributed by atoms with Crippen LogP contribution < -0.4 is 42.1 Å². The summed E-state index contributed by atoms with van der Waals surface area (Å²) < 4.78 is 13.9. The van der Waals surface area contributed by atoms with Gasteiger partial charge in [-0.2, -0.15) is 24.3 Å². The van der Waals surface area contributed by atoms with E-state index < -0.39 is 5.95 Å². The normalized spacial score (nSPS) is 16.1. The van der Waals surface area contributed by atoms with Gasteiger partial charge in [0.1, 0.15) is 17.5 Å². The van der Waals surface area contributed by atoms with Gasteiger partial charge in [0.25, 0.3) is 11.8 Å². The molecular formula is C48H76ClFN14O2.